The first-order chi connectivity index (χ1) is 5.01. The predicted molar refractivity (Wildman–Crippen MR) is 44.7 cm³/mol. The molecule has 0 bridgehead atoms. The molecule has 0 amide bonds. The number of sulfonamides is 1. The number of hydrogen-bond acceptors (Lipinski definition) is 2. The van der Waals surface area contributed by atoms with E-state index in [1.165, 1.54) is 0 Å². The van der Waals surface area contributed by atoms with Gasteiger partial charge < -0.3 is 0 Å². The van der Waals surface area contributed by atoms with Crippen molar-refractivity contribution >= 4 is 10.0 Å². The highest BCUT2D eigenvalue weighted by molar-refractivity contribution is 7.89. The van der Waals surface area contributed by atoms with Gasteiger partial charge in [0.2, 0.25) is 10.0 Å². The van der Waals surface area contributed by atoms with E-state index in [4.69, 9.17) is 0 Å². The summed E-state index contributed by atoms with van der Waals surface area (Å²) in [4.78, 5) is 0. The fourth-order valence-corrected chi connectivity index (χ4v) is 2.51. The molecule has 0 spiro atoms. The van der Waals surface area contributed by atoms with E-state index >= 15 is 0 Å². The zero-order chi connectivity index (χ0) is 8.48. The Balaban J connectivity index is 2.49. The second-order valence-electron chi connectivity index (χ2n) is 3.46. The van der Waals surface area contributed by atoms with Crippen molar-refractivity contribution in [2.24, 2.45) is 11.8 Å². The molecule has 4 heteroatoms. The lowest BCUT2D eigenvalue weighted by atomic mass is 9.93. The van der Waals surface area contributed by atoms with Gasteiger partial charge in [0.15, 0.2) is 0 Å². The first kappa shape index (κ1) is 9.00. The Morgan fingerprint density at radius 2 is 2.09 bits per heavy atom. The molecule has 0 aromatic carbocycles. The number of hydrogen-bond donors (Lipinski definition) is 1. The molecule has 1 rings (SSSR count). The molecule has 0 aromatic rings. The molecule has 1 atom stereocenters. The van der Waals surface area contributed by atoms with Crippen molar-refractivity contribution in [3.8, 4) is 0 Å². The second kappa shape index (κ2) is 3.11. The molecular formula is C7H15NO2S. The summed E-state index contributed by atoms with van der Waals surface area (Å²) in [6.07, 6.45) is 0.812. The standard InChI is InChI=1S/C7H15NO2S/c1-6(2)7-3-4-11(9,10)8-5-7/h6-8H,3-5H2,1-2H3. The van der Waals surface area contributed by atoms with Crippen LogP contribution >= 0.6 is 0 Å². The maximum atomic E-state index is 10.9. The van der Waals surface area contributed by atoms with Crippen molar-refractivity contribution in [3.63, 3.8) is 0 Å². The SMILES string of the molecule is CC(C)C1CCS(=O)(=O)NC1. The van der Waals surface area contributed by atoms with Gasteiger partial charge in [0, 0.05) is 6.54 Å². The van der Waals surface area contributed by atoms with Crippen LogP contribution in [0.2, 0.25) is 0 Å². The number of rotatable bonds is 1. The summed E-state index contributed by atoms with van der Waals surface area (Å²) in [5.74, 6) is 1.41. The van der Waals surface area contributed by atoms with Crippen LogP contribution in [0.15, 0.2) is 0 Å². The Morgan fingerprint density at radius 1 is 1.45 bits per heavy atom. The molecule has 0 aliphatic carbocycles. The van der Waals surface area contributed by atoms with Gasteiger partial charge in [0.1, 0.15) is 0 Å². The Bertz CT molecular complexity index is 207. The summed E-state index contributed by atoms with van der Waals surface area (Å²) < 4.78 is 24.4. The Kier molecular flexibility index (Phi) is 2.54. The molecule has 11 heavy (non-hydrogen) atoms. The lowest BCUT2D eigenvalue weighted by Gasteiger charge is -2.25. The highest BCUT2D eigenvalue weighted by Gasteiger charge is 2.24. The van der Waals surface area contributed by atoms with Gasteiger partial charge in [-0.25, -0.2) is 13.1 Å². The summed E-state index contributed by atoms with van der Waals surface area (Å²) >= 11 is 0. The van der Waals surface area contributed by atoms with Gasteiger partial charge in [-0.05, 0) is 18.3 Å². The molecule has 1 N–H and O–H groups in total. The Morgan fingerprint density at radius 3 is 2.45 bits per heavy atom. The Labute approximate surface area is 68.2 Å². The molecule has 0 saturated carbocycles. The van der Waals surface area contributed by atoms with Crippen molar-refractivity contribution < 1.29 is 8.42 Å². The lowest BCUT2D eigenvalue weighted by Crippen LogP contribution is -2.39. The molecule has 0 radical (unpaired) electrons. The van der Waals surface area contributed by atoms with Gasteiger partial charge in [-0.2, -0.15) is 0 Å². The van der Waals surface area contributed by atoms with Crippen LogP contribution in [0.5, 0.6) is 0 Å². The molecule has 1 unspecified atom stereocenters. The maximum Gasteiger partial charge on any atom is 0.211 e. The zero-order valence-corrected chi connectivity index (χ0v) is 7.82. The number of nitrogens with one attached hydrogen (secondary N) is 1. The first-order valence-corrected chi connectivity index (χ1v) is 5.64. The van der Waals surface area contributed by atoms with Gasteiger partial charge in [0.05, 0.1) is 5.75 Å². The minimum Gasteiger partial charge on any atom is -0.215 e. The third-order valence-electron chi connectivity index (χ3n) is 2.27. The molecule has 1 saturated heterocycles. The summed E-state index contributed by atoms with van der Waals surface area (Å²) in [6.45, 7) is 4.88. The summed E-state index contributed by atoms with van der Waals surface area (Å²) in [7, 11) is -2.90. The van der Waals surface area contributed by atoms with Crippen LogP contribution in [-0.2, 0) is 10.0 Å². The minimum atomic E-state index is -2.90. The molecule has 1 fully saturated rings. The van der Waals surface area contributed by atoms with Crippen LogP contribution in [0.3, 0.4) is 0 Å². The van der Waals surface area contributed by atoms with Crippen molar-refractivity contribution in [1.29, 1.82) is 0 Å². The van der Waals surface area contributed by atoms with Gasteiger partial charge in [-0.1, -0.05) is 13.8 Å². The van der Waals surface area contributed by atoms with Gasteiger partial charge >= 0.3 is 0 Å². The highest BCUT2D eigenvalue weighted by Crippen LogP contribution is 2.18. The van der Waals surface area contributed by atoms with Crippen molar-refractivity contribution in [2.75, 3.05) is 12.3 Å². The van der Waals surface area contributed by atoms with Crippen molar-refractivity contribution in [2.45, 2.75) is 20.3 Å². The molecule has 0 aromatic heterocycles. The van der Waals surface area contributed by atoms with E-state index < -0.39 is 10.0 Å². The van der Waals surface area contributed by atoms with Gasteiger partial charge in [-0.15, -0.1) is 0 Å². The summed E-state index contributed by atoms with van der Waals surface area (Å²) in [5, 5.41) is 0. The topological polar surface area (TPSA) is 46.2 Å². The smallest absolute Gasteiger partial charge is 0.211 e. The second-order valence-corrected chi connectivity index (χ2v) is 5.39. The van der Waals surface area contributed by atoms with Crippen LogP contribution in [0.4, 0.5) is 0 Å². The zero-order valence-electron chi connectivity index (χ0n) is 7.00. The minimum absolute atomic E-state index is 0.301. The fraction of sp³-hybridized carbons (Fsp3) is 1.00. The maximum absolute atomic E-state index is 10.9. The van der Waals surface area contributed by atoms with E-state index in [9.17, 15) is 8.42 Å². The van der Waals surface area contributed by atoms with E-state index in [2.05, 4.69) is 18.6 Å². The third kappa shape index (κ3) is 2.45. The molecule has 1 aliphatic rings. The van der Waals surface area contributed by atoms with Crippen LogP contribution in [0, 0.1) is 11.8 Å². The monoisotopic (exact) mass is 177 g/mol. The predicted octanol–water partition coefficient (Wildman–Crippen LogP) is 0.582. The van der Waals surface area contributed by atoms with E-state index in [0.29, 0.717) is 24.1 Å². The van der Waals surface area contributed by atoms with E-state index in [-0.39, 0.29) is 0 Å². The van der Waals surface area contributed by atoms with Gasteiger partial charge in [-0.3, -0.25) is 0 Å². The van der Waals surface area contributed by atoms with E-state index in [1.807, 2.05) is 0 Å². The first-order valence-electron chi connectivity index (χ1n) is 3.98. The van der Waals surface area contributed by atoms with Crippen LogP contribution < -0.4 is 4.72 Å². The molecule has 3 nitrogen and oxygen atoms in total. The fourth-order valence-electron chi connectivity index (χ4n) is 1.28. The van der Waals surface area contributed by atoms with Crippen LogP contribution in [0.1, 0.15) is 20.3 Å². The quantitative estimate of drug-likeness (QED) is 0.637. The molecule has 1 aliphatic heterocycles. The highest BCUT2D eigenvalue weighted by atomic mass is 32.2. The van der Waals surface area contributed by atoms with Crippen LogP contribution in [0.25, 0.3) is 0 Å². The normalized spacial score (nSPS) is 30.6. The Hall–Kier alpha value is -0.0900. The van der Waals surface area contributed by atoms with Crippen molar-refractivity contribution in [1.82, 2.24) is 4.72 Å². The molecule has 66 valence electrons. The third-order valence-corrected chi connectivity index (χ3v) is 3.65. The van der Waals surface area contributed by atoms with Gasteiger partial charge in [0.25, 0.3) is 0 Å². The van der Waals surface area contributed by atoms with Crippen molar-refractivity contribution in [3.05, 3.63) is 0 Å². The summed E-state index contributed by atoms with van der Waals surface area (Å²) in [6, 6.07) is 0. The summed E-state index contributed by atoms with van der Waals surface area (Å²) in [5.41, 5.74) is 0. The van der Waals surface area contributed by atoms with E-state index in [1.54, 1.807) is 0 Å². The molecule has 1 heterocycles. The largest absolute Gasteiger partial charge is 0.215 e. The van der Waals surface area contributed by atoms with Crippen LogP contribution in [-0.4, -0.2) is 20.7 Å². The average Bonchev–Trinajstić information content (AvgIpc) is 1.86. The lowest BCUT2D eigenvalue weighted by molar-refractivity contribution is 0.357. The average molecular weight is 177 g/mol. The van der Waals surface area contributed by atoms with E-state index in [0.717, 1.165) is 6.42 Å². The molecular weight excluding hydrogens is 162 g/mol.